The molecule has 1 heterocycles. The molecule has 4 heteroatoms. The van der Waals surface area contributed by atoms with Gasteiger partial charge in [0.1, 0.15) is 0 Å². The van der Waals surface area contributed by atoms with Crippen molar-refractivity contribution in [3.63, 3.8) is 0 Å². The lowest BCUT2D eigenvalue weighted by Crippen LogP contribution is -2.44. The van der Waals surface area contributed by atoms with Gasteiger partial charge in [-0.2, -0.15) is 0 Å². The van der Waals surface area contributed by atoms with E-state index in [2.05, 4.69) is 58.6 Å². The lowest BCUT2D eigenvalue weighted by molar-refractivity contribution is 0.313. The number of likely N-dealkylation sites (N-methyl/N-ethyl adjacent to an activating group) is 1. The number of anilines is 3. The fraction of sp³-hybridized carbons (Fsp3) is 0.333. The first-order valence-corrected chi connectivity index (χ1v) is 7.82. The molecule has 1 aliphatic heterocycles. The minimum atomic E-state index is 0.806. The van der Waals surface area contributed by atoms with E-state index in [0.717, 1.165) is 44.1 Å². The molecule has 2 aromatic carbocycles. The lowest BCUT2D eigenvalue weighted by Gasteiger charge is -2.34. The molecule has 0 spiro atoms. The van der Waals surface area contributed by atoms with Gasteiger partial charge in [-0.15, -0.1) is 0 Å². The average molecular weight is 296 g/mol. The molecule has 1 saturated heterocycles. The summed E-state index contributed by atoms with van der Waals surface area (Å²) in [6.07, 6.45) is 0. The number of piperazine rings is 1. The van der Waals surface area contributed by atoms with Gasteiger partial charge in [0.15, 0.2) is 0 Å². The van der Waals surface area contributed by atoms with Gasteiger partial charge in [0, 0.05) is 49.8 Å². The lowest BCUT2D eigenvalue weighted by atomic mass is 10.2. The van der Waals surface area contributed by atoms with Crippen molar-refractivity contribution in [2.75, 3.05) is 49.2 Å². The molecule has 3 rings (SSSR count). The summed E-state index contributed by atoms with van der Waals surface area (Å²) in [4.78, 5) is 4.82. The van der Waals surface area contributed by atoms with Gasteiger partial charge in [-0.1, -0.05) is 12.1 Å². The molecule has 0 amide bonds. The van der Waals surface area contributed by atoms with Gasteiger partial charge in [0.25, 0.3) is 0 Å². The van der Waals surface area contributed by atoms with Crippen molar-refractivity contribution in [2.45, 2.75) is 6.54 Å². The van der Waals surface area contributed by atoms with Crippen LogP contribution in [0.25, 0.3) is 0 Å². The molecule has 0 aromatic heterocycles. The molecule has 0 atom stereocenters. The molecule has 0 radical (unpaired) electrons. The Morgan fingerprint density at radius 3 is 2.18 bits per heavy atom. The first kappa shape index (κ1) is 14.7. The predicted molar refractivity (Wildman–Crippen MR) is 94.3 cm³/mol. The zero-order valence-electron chi connectivity index (χ0n) is 13.1. The van der Waals surface area contributed by atoms with Crippen LogP contribution in [0.4, 0.5) is 17.1 Å². The largest absolute Gasteiger partial charge is 0.399 e. The maximum absolute atomic E-state index is 5.70. The van der Waals surface area contributed by atoms with Crippen LogP contribution in [0.5, 0.6) is 0 Å². The van der Waals surface area contributed by atoms with Crippen molar-refractivity contribution < 1.29 is 0 Å². The Balaban J connectivity index is 1.56. The molecule has 4 nitrogen and oxygen atoms in total. The van der Waals surface area contributed by atoms with Crippen molar-refractivity contribution in [1.29, 1.82) is 0 Å². The molecule has 0 unspecified atom stereocenters. The maximum atomic E-state index is 5.70. The van der Waals surface area contributed by atoms with E-state index < -0.39 is 0 Å². The smallest absolute Gasteiger partial charge is 0.0400 e. The van der Waals surface area contributed by atoms with Crippen molar-refractivity contribution in [3.05, 3.63) is 54.1 Å². The highest BCUT2D eigenvalue weighted by Crippen LogP contribution is 2.19. The standard InChI is InChI=1S/C18H24N4/c1-21-10-12-22(13-11-21)18-8-6-17(7-9-18)20-14-15-2-4-16(19)5-3-15/h2-9,20H,10-14,19H2,1H3. The average Bonchev–Trinajstić information content (AvgIpc) is 2.56. The van der Waals surface area contributed by atoms with E-state index in [1.165, 1.54) is 11.3 Å². The summed E-state index contributed by atoms with van der Waals surface area (Å²) in [5.41, 5.74) is 10.2. The number of nitrogens with two attached hydrogens (primary N) is 1. The van der Waals surface area contributed by atoms with Gasteiger partial charge in [-0.05, 0) is 49.0 Å². The minimum absolute atomic E-state index is 0.806. The van der Waals surface area contributed by atoms with Crippen LogP contribution in [0.1, 0.15) is 5.56 Å². The number of benzene rings is 2. The van der Waals surface area contributed by atoms with Crippen LogP contribution >= 0.6 is 0 Å². The van der Waals surface area contributed by atoms with Gasteiger partial charge in [0.2, 0.25) is 0 Å². The third kappa shape index (κ3) is 3.71. The highest BCUT2D eigenvalue weighted by atomic mass is 15.2. The van der Waals surface area contributed by atoms with Gasteiger partial charge in [-0.3, -0.25) is 0 Å². The fourth-order valence-corrected chi connectivity index (χ4v) is 2.69. The first-order valence-electron chi connectivity index (χ1n) is 7.82. The summed E-state index contributed by atoms with van der Waals surface area (Å²) in [7, 11) is 2.18. The zero-order chi connectivity index (χ0) is 15.4. The van der Waals surface area contributed by atoms with Crippen molar-refractivity contribution in [1.82, 2.24) is 4.90 Å². The van der Waals surface area contributed by atoms with Crippen molar-refractivity contribution in [2.24, 2.45) is 0 Å². The van der Waals surface area contributed by atoms with E-state index in [4.69, 9.17) is 5.73 Å². The molecule has 3 N–H and O–H groups in total. The van der Waals surface area contributed by atoms with Crippen LogP contribution in [0.3, 0.4) is 0 Å². The number of nitrogen functional groups attached to an aromatic ring is 1. The number of nitrogens with zero attached hydrogens (tertiary/aromatic N) is 2. The van der Waals surface area contributed by atoms with Crippen molar-refractivity contribution in [3.8, 4) is 0 Å². The maximum Gasteiger partial charge on any atom is 0.0400 e. The Kier molecular flexibility index (Phi) is 4.49. The summed E-state index contributed by atoms with van der Waals surface area (Å²) >= 11 is 0. The van der Waals surface area contributed by atoms with Crippen molar-refractivity contribution >= 4 is 17.1 Å². The van der Waals surface area contributed by atoms with E-state index in [1.54, 1.807) is 0 Å². The number of rotatable bonds is 4. The third-order valence-corrected chi connectivity index (χ3v) is 4.21. The van der Waals surface area contributed by atoms with E-state index in [-0.39, 0.29) is 0 Å². The summed E-state index contributed by atoms with van der Waals surface area (Å²) in [6.45, 7) is 5.30. The van der Waals surface area contributed by atoms with E-state index in [1.807, 2.05) is 12.1 Å². The Morgan fingerprint density at radius 2 is 1.55 bits per heavy atom. The first-order chi connectivity index (χ1) is 10.7. The molecular weight excluding hydrogens is 272 g/mol. The van der Waals surface area contributed by atoms with Crippen LogP contribution in [0.15, 0.2) is 48.5 Å². The zero-order valence-corrected chi connectivity index (χ0v) is 13.1. The van der Waals surface area contributed by atoms with Gasteiger partial charge in [-0.25, -0.2) is 0 Å². The molecule has 0 bridgehead atoms. The van der Waals surface area contributed by atoms with Crippen LogP contribution in [0, 0.1) is 0 Å². The fourth-order valence-electron chi connectivity index (χ4n) is 2.69. The predicted octanol–water partition coefficient (Wildman–Crippen LogP) is 2.63. The highest BCUT2D eigenvalue weighted by molar-refractivity contribution is 5.55. The highest BCUT2D eigenvalue weighted by Gasteiger charge is 2.13. The quantitative estimate of drug-likeness (QED) is 0.851. The molecule has 2 aromatic rings. The Bertz CT molecular complexity index is 583. The SMILES string of the molecule is CN1CCN(c2ccc(NCc3ccc(N)cc3)cc2)CC1. The Morgan fingerprint density at radius 1 is 0.909 bits per heavy atom. The van der Waals surface area contributed by atoms with Crippen LogP contribution in [0.2, 0.25) is 0 Å². The second kappa shape index (κ2) is 6.71. The van der Waals surface area contributed by atoms with E-state index in [0.29, 0.717) is 0 Å². The molecule has 116 valence electrons. The molecule has 1 fully saturated rings. The summed E-state index contributed by atoms with van der Waals surface area (Å²) in [5.74, 6) is 0. The van der Waals surface area contributed by atoms with Gasteiger partial charge >= 0.3 is 0 Å². The Labute approximate surface area is 132 Å². The Hall–Kier alpha value is -2.20. The minimum Gasteiger partial charge on any atom is -0.399 e. The normalized spacial score (nSPS) is 15.8. The van der Waals surface area contributed by atoms with E-state index >= 15 is 0 Å². The molecule has 0 saturated carbocycles. The molecule has 22 heavy (non-hydrogen) atoms. The topological polar surface area (TPSA) is 44.5 Å². The number of hydrogen-bond acceptors (Lipinski definition) is 4. The molecule has 0 aliphatic carbocycles. The van der Waals surface area contributed by atoms with Crippen LogP contribution in [-0.2, 0) is 6.54 Å². The number of nitrogens with one attached hydrogen (secondary N) is 1. The number of hydrogen-bond donors (Lipinski definition) is 2. The molecule has 1 aliphatic rings. The summed E-state index contributed by atoms with van der Waals surface area (Å²) < 4.78 is 0. The van der Waals surface area contributed by atoms with Crippen LogP contribution < -0.4 is 16.0 Å². The van der Waals surface area contributed by atoms with Gasteiger partial charge in [0.05, 0.1) is 0 Å². The van der Waals surface area contributed by atoms with Gasteiger partial charge < -0.3 is 20.9 Å². The third-order valence-electron chi connectivity index (χ3n) is 4.21. The summed E-state index contributed by atoms with van der Waals surface area (Å²) in [6, 6.07) is 16.7. The monoisotopic (exact) mass is 296 g/mol. The van der Waals surface area contributed by atoms with Crippen LogP contribution in [-0.4, -0.2) is 38.1 Å². The van der Waals surface area contributed by atoms with E-state index in [9.17, 15) is 0 Å². The second-order valence-electron chi connectivity index (χ2n) is 5.93. The summed E-state index contributed by atoms with van der Waals surface area (Å²) in [5, 5.41) is 3.45. The molecular formula is C18H24N4. The second-order valence-corrected chi connectivity index (χ2v) is 5.93.